The van der Waals surface area contributed by atoms with Gasteiger partial charge in [-0.2, -0.15) is 0 Å². The van der Waals surface area contributed by atoms with Gasteiger partial charge in [0.15, 0.2) is 0 Å². The third kappa shape index (κ3) is 3.96. The quantitative estimate of drug-likeness (QED) is 0.400. The van der Waals surface area contributed by atoms with E-state index in [1.54, 1.807) is 6.20 Å². The third-order valence-electron chi connectivity index (χ3n) is 1.58. The molecule has 1 aromatic heterocycles. The van der Waals surface area contributed by atoms with Crippen molar-refractivity contribution in [1.29, 1.82) is 0 Å². The molecule has 0 spiro atoms. The molecule has 0 amide bonds. The Labute approximate surface area is 84.1 Å². The van der Waals surface area contributed by atoms with E-state index in [2.05, 4.69) is 16.8 Å². The van der Waals surface area contributed by atoms with Crippen LogP contribution >= 0.6 is 11.6 Å². The molecule has 0 aliphatic rings. The number of unbranched alkanes of at least 4 members (excludes halogenated alkanes) is 1. The summed E-state index contributed by atoms with van der Waals surface area (Å²) < 4.78 is 0. The van der Waals surface area contributed by atoms with Crippen molar-refractivity contribution in [2.75, 3.05) is 5.88 Å². The van der Waals surface area contributed by atoms with Gasteiger partial charge in [-0.3, -0.25) is 4.98 Å². The van der Waals surface area contributed by atoms with Crippen molar-refractivity contribution >= 4 is 11.6 Å². The number of halogens is 1. The lowest BCUT2D eigenvalue weighted by molar-refractivity contribution is 0.991. The van der Waals surface area contributed by atoms with E-state index >= 15 is 0 Å². The fraction of sp³-hybridized carbons (Fsp3) is 0.364. The Morgan fingerprint density at radius 2 is 2.31 bits per heavy atom. The van der Waals surface area contributed by atoms with Crippen molar-refractivity contribution in [3.8, 4) is 11.8 Å². The normalized spacial score (nSPS) is 9.08. The van der Waals surface area contributed by atoms with Crippen molar-refractivity contribution in [2.45, 2.75) is 19.8 Å². The van der Waals surface area contributed by atoms with Crippen molar-refractivity contribution in [3.63, 3.8) is 0 Å². The molecule has 0 fully saturated rings. The molecule has 0 saturated heterocycles. The van der Waals surface area contributed by atoms with E-state index in [-0.39, 0.29) is 0 Å². The first-order chi connectivity index (χ1) is 6.33. The Morgan fingerprint density at radius 1 is 1.46 bits per heavy atom. The van der Waals surface area contributed by atoms with Crippen molar-refractivity contribution in [1.82, 2.24) is 4.98 Å². The first-order valence-electron chi connectivity index (χ1n) is 4.30. The lowest BCUT2D eigenvalue weighted by atomic mass is 10.2. The summed E-state index contributed by atoms with van der Waals surface area (Å²) in [6, 6.07) is 3.95. The van der Waals surface area contributed by atoms with Crippen molar-refractivity contribution < 1.29 is 0 Å². The highest BCUT2D eigenvalue weighted by atomic mass is 35.5. The molecule has 0 aliphatic heterocycles. The van der Waals surface area contributed by atoms with Crippen LogP contribution in [0.15, 0.2) is 18.3 Å². The maximum absolute atomic E-state index is 5.52. The highest BCUT2D eigenvalue weighted by molar-refractivity contribution is 6.17. The van der Waals surface area contributed by atoms with Gasteiger partial charge in [-0.15, -0.1) is 11.6 Å². The van der Waals surface area contributed by atoms with Gasteiger partial charge in [0.1, 0.15) is 0 Å². The molecule has 1 rings (SSSR count). The average Bonchev–Trinajstić information content (AvgIpc) is 2.15. The average molecular weight is 194 g/mol. The maximum atomic E-state index is 5.52. The second-order valence-corrected chi connectivity index (χ2v) is 3.16. The summed E-state index contributed by atoms with van der Waals surface area (Å²) in [5.74, 6) is 6.76. The number of aryl methyl sites for hydroxylation is 1. The Hall–Kier alpha value is -1.00. The Bertz CT molecular complexity index is 305. The van der Waals surface area contributed by atoms with Crippen LogP contribution in [0, 0.1) is 18.8 Å². The van der Waals surface area contributed by atoms with Gasteiger partial charge >= 0.3 is 0 Å². The molecule has 0 saturated carbocycles. The molecular formula is C11H12ClN. The molecule has 0 bridgehead atoms. The SMILES string of the molecule is Cc1ccc(C#CCCCCl)cn1. The zero-order valence-corrected chi connectivity index (χ0v) is 8.43. The van der Waals surface area contributed by atoms with E-state index in [1.165, 1.54) is 0 Å². The van der Waals surface area contributed by atoms with Gasteiger partial charge in [0.2, 0.25) is 0 Å². The van der Waals surface area contributed by atoms with Crippen molar-refractivity contribution in [2.24, 2.45) is 0 Å². The Kier molecular flexibility index (Phi) is 4.35. The van der Waals surface area contributed by atoms with Gasteiger partial charge in [0, 0.05) is 29.8 Å². The van der Waals surface area contributed by atoms with Crippen molar-refractivity contribution in [3.05, 3.63) is 29.6 Å². The van der Waals surface area contributed by atoms with E-state index in [4.69, 9.17) is 11.6 Å². The number of alkyl halides is 1. The minimum atomic E-state index is 0.681. The molecule has 1 nitrogen and oxygen atoms in total. The lowest BCUT2D eigenvalue weighted by Crippen LogP contribution is -1.81. The number of pyridine rings is 1. The summed E-state index contributed by atoms with van der Waals surface area (Å²) in [7, 11) is 0. The number of nitrogens with zero attached hydrogens (tertiary/aromatic N) is 1. The zero-order valence-electron chi connectivity index (χ0n) is 7.68. The van der Waals surface area contributed by atoms with Crippen LogP contribution in [0.1, 0.15) is 24.1 Å². The highest BCUT2D eigenvalue weighted by Gasteiger charge is 1.86. The molecule has 1 heterocycles. The topological polar surface area (TPSA) is 12.9 Å². The first kappa shape index (κ1) is 10.1. The molecule has 0 aromatic carbocycles. The first-order valence-corrected chi connectivity index (χ1v) is 4.84. The number of aromatic nitrogens is 1. The molecule has 0 atom stereocenters. The fourth-order valence-electron chi connectivity index (χ4n) is 0.862. The molecule has 1 aromatic rings. The van der Waals surface area contributed by atoms with Crippen LogP contribution in [-0.4, -0.2) is 10.9 Å². The predicted molar refractivity (Wildman–Crippen MR) is 55.8 cm³/mol. The zero-order chi connectivity index (χ0) is 9.52. The standard InChI is InChI=1S/C11H12ClN/c1-10-6-7-11(9-13-10)5-3-2-4-8-12/h6-7,9H,2,4,8H2,1H3. The Morgan fingerprint density at radius 3 is 2.92 bits per heavy atom. The van der Waals surface area contributed by atoms with E-state index in [1.807, 2.05) is 19.1 Å². The summed E-state index contributed by atoms with van der Waals surface area (Å²) in [4.78, 5) is 4.15. The molecule has 0 unspecified atom stereocenters. The van der Waals surface area contributed by atoms with Gasteiger partial charge < -0.3 is 0 Å². The van der Waals surface area contributed by atoms with Gasteiger partial charge in [0.05, 0.1) is 0 Å². The Balaban J connectivity index is 2.52. The lowest BCUT2D eigenvalue weighted by Gasteiger charge is -1.90. The van der Waals surface area contributed by atoms with E-state index < -0.39 is 0 Å². The van der Waals surface area contributed by atoms with Crippen LogP contribution in [0.3, 0.4) is 0 Å². The van der Waals surface area contributed by atoms with Gasteiger partial charge in [-0.1, -0.05) is 11.8 Å². The van der Waals surface area contributed by atoms with Gasteiger partial charge in [-0.05, 0) is 25.5 Å². The predicted octanol–water partition coefficient (Wildman–Crippen LogP) is 2.76. The summed E-state index contributed by atoms with van der Waals surface area (Å²) in [6.07, 6.45) is 3.61. The number of hydrogen-bond donors (Lipinski definition) is 0. The number of hydrogen-bond acceptors (Lipinski definition) is 1. The van der Waals surface area contributed by atoms with E-state index in [0.717, 1.165) is 24.1 Å². The molecule has 0 radical (unpaired) electrons. The second-order valence-electron chi connectivity index (χ2n) is 2.78. The van der Waals surface area contributed by atoms with Crippen LogP contribution in [0.4, 0.5) is 0 Å². The van der Waals surface area contributed by atoms with E-state index in [0.29, 0.717) is 5.88 Å². The van der Waals surface area contributed by atoms with Crippen LogP contribution in [0.5, 0.6) is 0 Å². The molecule has 2 heteroatoms. The smallest absolute Gasteiger partial charge is 0.0428 e. The summed E-state index contributed by atoms with van der Waals surface area (Å²) in [5, 5.41) is 0. The van der Waals surface area contributed by atoms with Crippen LogP contribution < -0.4 is 0 Å². The minimum absolute atomic E-state index is 0.681. The number of rotatable bonds is 2. The monoisotopic (exact) mass is 193 g/mol. The highest BCUT2D eigenvalue weighted by Crippen LogP contribution is 1.97. The van der Waals surface area contributed by atoms with Gasteiger partial charge in [0.25, 0.3) is 0 Å². The largest absolute Gasteiger partial charge is 0.260 e. The molecule has 0 aliphatic carbocycles. The summed E-state index contributed by atoms with van der Waals surface area (Å²) in [6.45, 7) is 1.96. The molecule has 68 valence electrons. The maximum Gasteiger partial charge on any atom is 0.0428 e. The molecular weight excluding hydrogens is 182 g/mol. The minimum Gasteiger partial charge on any atom is -0.260 e. The van der Waals surface area contributed by atoms with E-state index in [9.17, 15) is 0 Å². The molecule has 13 heavy (non-hydrogen) atoms. The van der Waals surface area contributed by atoms with Crippen LogP contribution in [0.2, 0.25) is 0 Å². The van der Waals surface area contributed by atoms with Crippen LogP contribution in [0.25, 0.3) is 0 Å². The fourth-order valence-corrected chi connectivity index (χ4v) is 0.995. The van der Waals surface area contributed by atoms with Gasteiger partial charge in [-0.25, -0.2) is 0 Å². The third-order valence-corrected chi connectivity index (χ3v) is 1.85. The van der Waals surface area contributed by atoms with Crippen LogP contribution in [-0.2, 0) is 0 Å². The summed E-state index contributed by atoms with van der Waals surface area (Å²) >= 11 is 5.52. The molecule has 0 N–H and O–H groups in total. The second kappa shape index (κ2) is 5.61. The summed E-state index contributed by atoms with van der Waals surface area (Å²) in [5.41, 5.74) is 1.99.